The lowest BCUT2D eigenvalue weighted by atomic mass is 9.87. The van der Waals surface area contributed by atoms with Crippen molar-refractivity contribution in [2.75, 3.05) is 0 Å². The molecule has 0 aromatic carbocycles. The molecule has 4 nitrogen and oxygen atoms in total. The highest BCUT2D eigenvalue weighted by molar-refractivity contribution is 7.05. The average Bonchev–Trinajstić information content (AvgIpc) is 2.58. The van der Waals surface area contributed by atoms with Gasteiger partial charge in [-0.05, 0) is 30.9 Å². The molecule has 1 saturated carbocycles. The van der Waals surface area contributed by atoms with E-state index in [0.717, 1.165) is 30.7 Å². The highest BCUT2D eigenvalue weighted by atomic mass is 32.1. The van der Waals surface area contributed by atoms with Crippen LogP contribution in [0.3, 0.4) is 0 Å². The molecule has 1 aromatic rings. The minimum Gasteiger partial charge on any atom is -0.328 e. The molecular formula is C7H12N4S. The first kappa shape index (κ1) is 8.07. The zero-order valence-electron chi connectivity index (χ0n) is 6.81. The highest BCUT2D eigenvalue weighted by Gasteiger charge is 2.22. The lowest BCUT2D eigenvalue weighted by Gasteiger charge is -2.23. The van der Waals surface area contributed by atoms with Gasteiger partial charge < -0.3 is 5.73 Å². The fraction of sp³-hybridized carbons (Fsp3) is 0.857. The van der Waals surface area contributed by atoms with Crippen LogP contribution in [-0.4, -0.2) is 20.8 Å². The summed E-state index contributed by atoms with van der Waals surface area (Å²) in [5.41, 5.74) is 5.80. The van der Waals surface area contributed by atoms with E-state index in [1.807, 2.05) is 0 Å². The van der Waals surface area contributed by atoms with Gasteiger partial charge >= 0.3 is 0 Å². The van der Waals surface area contributed by atoms with Gasteiger partial charge in [0, 0.05) is 23.5 Å². The maximum atomic E-state index is 5.80. The van der Waals surface area contributed by atoms with E-state index in [1.165, 1.54) is 11.5 Å². The third kappa shape index (κ3) is 1.61. The third-order valence-electron chi connectivity index (χ3n) is 2.44. The molecule has 1 aliphatic carbocycles. The Bertz CT molecular complexity index is 228. The minimum absolute atomic E-state index is 0.405. The van der Waals surface area contributed by atoms with Crippen molar-refractivity contribution in [2.24, 2.45) is 5.73 Å². The molecule has 2 rings (SSSR count). The molecule has 0 bridgehead atoms. The topological polar surface area (TPSA) is 64.7 Å². The molecule has 1 heterocycles. The van der Waals surface area contributed by atoms with E-state index in [1.54, 1.807) is 0 Å². The Balaban J connectivity index is 1.99. The SMILES string of the molecule is NC1CCC(c2nnns2)CC1. The van der Waals surface area contributed by atoms with Gasteiger partial charge in [0.1, 0.15) is 5.01 Å². The first-order valence-electron chi connectivity index (χ1n) is 4.27. The summed E-state index contributed by atoms with van der Waals surface area (Å²) in [5.74, 6) is 0.574. The number of hydrogen-bond acceptors (Lipinski definition) is 5. The van der Waals surface area contributed by atoms with E-state index >= 15 is 0 Å². The molecule has 5 heteroatoms. The molecule has 0 spiro atoms. The Labute approximate surface area is 75.3 Å². The maximum absolute atomic E-state index is 5.80. The van der Waals surface area contributed by atoms with Gasteiger partial charge in [-0.3, -0.25) is 0 Å². The molecule has 0 radical (unpaired) electrons. The van der Waals surface area contributed by atoms with Crippen LogP contribution in [0.1, 0.15) is 36.6 Å². The van der Waals surface area contributed by atoms with Crippen LogP contribution in [0.5, 0.6) is 0 Å². The maximum Gasteiger partial charge on any atom is 0.141 e. The molecule has 0 amide bonds. The Morgan fingerprint density at radius 1 is 1.25 bits per heavy atom. The zero-order valence-corrected chi connectivity index (χ0v) is 7.63. The van der Waals surface area contributed by atoms with E-state index in [4.69, 9.17) is 5.73 Å². The quantitative estimate of drug-likeness (QED) is 0.704. The van der Waals surface area contributed by atoms with Crippen molar-refractivity contribution in [3.63, 3.8) is 0 Å². The smallest absolute Gasteiger partial charge is 0.141 e. The van der Waals surface area contributed by atoms with Gasteiger partial charge in [-0.2, -0.15) is 0 Å². The van der Waals surface area contributed by atoms with E-state index in [0.29, 0.717) is 12.0 Å². The van der Waals surface area contributed by atoms with Gasteiger partial charge in [-0.25, -0.2) is 0 Å². The summed E-state index contributed by atoms with van der Waals surface area (Å²) >= 11 is 1.42. The van der Waals surface area contributed by atoms with Crippen molar-refractivity contribution >= 4 is 11.5 Å². The molecule has 0 saturated heterocycles. The van der Waals surface area contributed by atoms with Crippen molar-refractivity contribution in [2.45, 2.75) is 37.6 Å². The van der Waals surface area contributed by atoms with Gasteiger partial charge in [-0.1, -0.05) is 4.49 Å². The second kappa shape index (κ2) is 3.45. The Morgan fingerprint density at radius 3 is 2.58 bits per heavy atom. The Hall–Kier alpha value is -0.550. The summed E-state index contributed by atoms with van der Waals surface area (Å²) < 4.78 is 3.77. The minimum atomic E-state index is 0.405. The largest absolute Gasteiger partial charge is 0.328 e. The van der Waals surface area contributed by atoms with Crippen LogP contribution in [0.2, 0.25) is 0 Å². The van der Waals surface area contributed by atoms with Crippen molar-refractivity contribution < 1.29 is 0 Å². The fourth-order valence-electron chi connectivity index (χ4n) is 1.66. The predicted molar refractivity (Wildman–Crippen MR) is 46.9 cm³/mol. The van der Waals surface area contributed by atoms with Crippen molar-refractivity contribution in [3.8, 4) is 0 Å². The second-order valence-electron chi connectivity index (χ2n) is 3.31. The first-order chi connectivity index (χ1) is 5.86. The van der Waals surface area contributed by atoms with Gasteiger partial charge in [-0.15, -0.1) is 5.10 Å². The standard InChI is InChI=1S/C7H12N4S/c8-6-3-1-5(2-4-6)7-9-10-11-12-7/h5-6H,1-4,8H2. The predicted octanol–water partition coefficient (Wildman–Crippen LogP) is 0.918. The molecule has 12 heavy (non-hydrogen) atoms. The van der Waals surface area contributed by atoms with E-state index in [2.05, 4.69) is 14.8 Å². The average molecular weight is 184 g/mol. The summed E-state index contributed by atoms with van der Waals surface area (Å²) in [5, 5.41) is 8.67. The number of rotatable bonds is 1. The first-order valence-corrected chi connectivity index (χ1v) is 5.04. The van der Waals surface area contributed by atoms with Crippen molar-refractivity contribution in [1.29, 1.82) is 0 Å². The van der Waals surface area contributed by atoms with Gasteiger partial charge in [0.25, 0.3) is 0 Å². The number of nitrogens with zero attached hydrogens (tertiary/aromatic N) is 3. The molecule has 0 unspecified atom stereocenters. The third-order valence-corrected chi connectivity index (χ3v) is 3.19. The second-order valence-corrected chi connectivity index (χ2v) is 4.08. The van der Waals surface area contributed by atoms with E-state index in [9.17, 15) is 0 Å². The lowest BCUT2D eigenvalue weighted by Crippen LogP contribution is -2.25. The van der Waals surface area contributed by atoms with Crippen molar-refractivity contribution in [1.82, 2.24) is 14.8 Å². The summed E-state index contributed by atoms with van der Waals surface area (Å²) in [7, 11) is 0. The van der Waals surface area contributed by atoms with E-state index < -0.39 is 0 Å². The van der Waals surface area contributed by atoms with Crippen LogP contribution in [0.25, 0.3) is 0 Å². The normalized spacial score (nSPS) is 30.4. The van der Waals surface area contributed by atoms with Crippen LogP contribution in [0, 0.1) is 0 Å². The van der Waals surface area contributed by atoms with Crippen LogP contribution in [0.4, 0.5) is 0 Å². The summed E-state index contributed by atoms with van der Waals surface area (Å²) in [6.45, 7) is 0. The molecule has 66 valence electrons. The van der Waals surface area contributed by atoms with Crippen LogP contribution in [-0.2, 0) is 0 Å². The Kier molecular flexibility index (Phi) is 2.32. The Morgan fingerprint density at radius 2 is 2.00 bits per heavy atom. The van der Waals surface area contributed by atoms with Gasteiger partial charge in [0.2, 0.25) is 0 Å². The van der Waals surface area contributed by atoms with Crippen LogP contribution < -0.4 is 5.73 Å². The fourth-order valence-corrected chi connectivity index (χ4v) is 2.28. The summed E-state index contributed by atoms with van der Waals surface area (Å²) in [6.07, 6.45) is 4.53. The van der Waals surface area contributed by atoms with Crippen molar-refractivity contribution in [3.05, 3.63) is 5.01 Å². The molecule has 0 aliphatic heterocycles. The number of aromatic nitrogens is 3. The molecule has 0 atom stereocenters. The molecular weight excluding hydrogens is 172 g/mol. The molecule has 2 N–H and O–H groups in total. The zero-order chi connectivity index (χ0) is 8.39. The van der Waals surface area contributed by atoms with Crippen LogP contribution in [0.15, 0.2) is 0 Å². The summed E-state index contributed by atoms with van der Waals surface area (Å²) in [6, 6.07) is 0.405. The highest BCUT2D eigenvalue weighted by Crippen LogP contribution is 2.31. The lowest BCUT2D eigenvalue weighted by molar-refractivity contribution is 0.393. The molecule has 1 aliphatic rings. The monoisotopic (exact) mass is 184 g/mol. The molecule has 1 aromatic heterocycles. The number of nitrogens with two attached hydrogens (primary N) is 1. The van der Waals surface area contributed by atoms with Gasteiger partial charge in [0.05, 0.1) is 0 Å². The molecule has 1 fully saturated rings. The van der Waals surface area contributed by atoms with Crippen LogP contribution >= 0.6 is 11.5 Å². The van der Waals surface area contributed by atoms with Gasteiger partial charge in [0.15, 0.2) is 0 Å². The number of hydrogen-bond donors (Lipinski definition) is 1. The summed E-state index contributed by atoms with van der Waals surface area (Å²) in [4.78, 5) is 0. The van der Waals surface area contributed by atoms with E-state index in [-0.39, 0.29) is 0 Å².